The molecule has 10 aromatic rings. The summed E-state index contributed by atoms with van der Waals surface area (Å²) in [5, 5.41) is 2.61. The maximum Gasteiger partial charge on any atom is 0.160 e. The first-order chi connectivity index (χ1) is 28.5. The fourth-order valence-electron chi connectivity index (χ4n) is 8.70. The number of nitrogens with zero attached hydrogens (tertiary/aromatic N) is 3. The molecule has 0 aliphatic heterocycles. The zero-order valence-corrected chi connectivity index (χ0v) is 33.0. The van der Waals surface area contributed by atoms with Crippen LogP contribution < -0.4 is 0 Å². The maximum absolute atomic E-state index is 5.21. The van der Waals surface area contributed by atoms with Crippen LogP contribution in [0, 0.1) is 0 Å². The molecule has 7 aromatic carbocycles. The molecule has 1 aliphatic rings. The Hall–Kier alpha value is -7.01. The monoisotopic (exact) mass is 759 g/mol. The van der Waals surface area contributed by atoms with Crippen molar-refractivity contribution in [1.29, 1.82) is 0 Å². The minimum absolute atomic E-state index is 0.0470. The zero-order chi connectivity index (χ0) is 38.8. The number of aromatic nitrogens is 3. The van der Waals surface area contributed by atoms with Gasteiger partial charge in [0.2, 0.25) is 0 Å². The highest BCUT2D eigenvalue weighted by atomic mass is 32.1. The van der Waals surface area contributed by atoms with E-state index in [1.807, 2.05) is 23.6 Å². The van der Waals surface area contributed by atoms with E-state index in [0.29, 0.717) is 5.82 Å². The van der Waals surface area contributed by atoms with Crippen LogP contribution in [0.5, 0.6) is 0 Å². The minimum Gasteiger partial charge on any atom is -0.264 e. The average molecular weight is 760 g/mol. The summed E-state index contributed by atoms with van der Waals surface area (Å²) in [6.07, 6.45) is 3.69. The molecule has 0 saturated carbocycles. The van der Waals surface area contributed by atoms with Gasteiger partial charge in [0, 0.05) is 60.2 Å². The van der Waals surface area contributed by atoms with E-state index in [-0.39, 0.29) is 5.41 Å². The van der Waals surface area contributed by atoms with Gasteiger partial charge < -0.3 is 0 Å². The predicted molar refractivity (Wildman–Crippen MR) is 243 cm³/mol. The van der Waals surface area contributed by atoms with Crippen molar-refractivity contribution in [3.8, 4) is 78.4 Å². The summed E-state index contributed by atoms with van der Waals surface area (Å²) in [4.78, 5) is 14.8. The third-order valence-corrected chi connectivity index (χ3v) is 13.0. The van der Waals surface area contributed by atoms with Crippen molar-refractivity contribution >= 4 is 31.5 Å². The number of thiophene rings is 1. The SMILES string of the molecule is CC1(C)c2ccccc2-c2ccc(-c3ccc(-c4cc(-c5ccc(-c6ccc7sc8ccccc8c7c6)cc5)nc(-c5cccc(-c6cccnc6)c5)n4)cc3)cc21. The van der Waals surface area contributed by atoms with Gasteiger partial charge in [-0.3, -0.25) is 4.98 Å². The number of pyridine rings is 1. The Morgan fingerprint density at radius 1 is 0.397 bits per heavy atom. The summed E-state index contributed by atoms with van der Waals surface area (Å²) in [7, 11) is 0. The van der Waals surface area contributed by atoms with Crippen molar-refractivity contribution < 1.29 is 0 Å². The fraction of sp³-hybridized carbons (Fsp3) is 0.0556. The number of fused-ring (bicyclic) bond motifs is 6. The van der Waals surface area contributed by atoms with E-state index in [0.717, 1.165) is 39.2 Å². The van der Waals surface area contributed by atoms with E-state index in [4.69, 9.17) is 9.97 Å². The van der Waals surface area contributed by atoms with Crippen LogP contribution in [0.1, 0.15) is 25.0 Å². The molecule has 3 aromatic heterocycles. The molecule has 1 aliphatic carbocycles. The van der Waals surface area contributed by atoms with Crippen LogP contribution in [0.15, 0.2) is 188 Å². The molecular weight excluding hydrogens is 723 g/mol. The first-order valence-corrected chi connectivity index (χ1v) is 20.6. The summed E-state index contributed by atoms with van der Waals surface area (Å²) < 4.78 is 2.63. The molecule has 0 radical (unpaired) electrons. The van der Waals surface area contributed by atoms with E-state index in [2.05, 4.69) is 189 Å². The van der Waals surface area contributed by atoms with Crippen molar-refractivity contribution in [3.05, 3.63) is 199 Å². The van der Waals surface area contributed by atoms with Crippen molar-refractivity contribution in [2.75, 3.05) is 0 Å². The van der Waals surface area contributed by atoms with Gasteiger partial charge >= 0.3 is 0 Å². The van der Waals surface area contributed by atoms with Gasteiger partial charge in [0.05, 0.1) is 11.4 Å². The Balaban J connectivity index is 0.970. The molecule has 3 heterocycles. The molecule has 0 amide bonds. The zero-order valence-electron chi connectivity index (χ0n) is 32.1. The van der Waals surface area contributed by atoms with Crippen LogP contribution in [0.4, 0.5) is 0 Å². The van der Waals surface area contributed by atoms with Crippen LogP contribution in [0.2, 0.25) is 0 Å². The van der Waals surface area contributed by atoms with Gasteiger partial charge in [0.25, 0.3) is 0 Å². The standard InChI is InChI=1S/C54H37N3S/c1-54(2)47-14-5-3-12-43(47)44-26-24-40(31-48(44)54)35-18-22-37(23-19-35)50-32-49(56-53(57-50)41-10-7-9-38(29-41)42-11-8-28-55-33-42)36-20-16-34(17-21-36)39-25-27-52-46(30-39)45-13-4-6-15-51(45)58-52/h3-33H,1-2H3. The largest absolute Gasteiger partial charge is 0.264 e. The minimum atomic E-state index is -0.0470. The lowest BCUT2D eigenvalue weighted by Gasteiger charge is -2.22. The van der Waals surface area contributed by atoms with Crippen molar-refractivity contribution in [2.24, 2.45) is 0 Å². The molecule has 0 fully saturated rings. The lowest BCUT2D eigenvalue weighted by atomic mass is 9.81. The first kappa shape index (κ1) is 34.3. The lowest BCUT2D eigenvalue weighted by Crippen LogP contribution is -2.14. The van der Waals surface area contributed by atoms with Crippen LogP contribution in [0.3, 0.4) is 0 Å². The molecule has 0 N–H and O–H groups in total. The van der Waals surface area contributed by atoms with Gasteiger partial charge in [-0.1, -0.05) is 147 Å². The molecule has 3 nitrogen and oxygen atoms in total. The van der Waals surface area contributed by atoms with Gasteiger partial charge in [-0.05, 0) is 92.5 Å². The summed E-state index contributed by atoms with van der Waals surface area (Å²) in [5.74, 6) is 0.682. The predicted octanol–water partition coefficient (Wildman–Crippen LogP) is 14.5. The highest BCUT2D eigenvalue weighted by molar-refractivity contribution is 7.25. The summed E-state index contributed by atoms with van der Waals surface area (Å²) >= 11 is 1.85. The van der Waals surface area contributed by atoms with Crippen molar-refractivity contribution in [1.82, 2.24) is 15.0 Å². The summed E-state index contributed by atoms with van der Waals surface area (Å²) in [6, 6.07) is 63.4. The second-order valence-corrected chi connectivity index (χ2v) is 16.8. The molecular formula is C54H37N3S. The Kier molecular flexibility index (Phi) is 8.02. The van der Waals surface area contributed by atoms with Gasteiger partial charge in [0.1, 0.15) is 0 Å². The van der Waals surface area contributed by atoms with Gasteiger partial charge in [-0.15, -0.1) is 11.3 Å². The Morgan fingerprint density at radius 3 is 1.74 bits per heavy atom. The molecule has 11 rings (SSSR count). The number of rotatable bonds is 6. The van der Waals surface area contributed by atoms with E-state index >= 15 is 0 Å². The number of hydrogen-bond acceptors (Lipinski definition) is 4. The molecule has 4 heteroatoms. The normalized spacial score (nSPS) is 12.8. The van der Waals surface area contributed by atoms with Gasteiger partial charge in [-0.2, -0.15) is 0 Å². The number of benzene rings is 7. The third-order valence-electron chi connectivity index (χ3n) is 11.8. The highest BCUT2D eigenvalue weighted by Gasteiger charge is 2.35. The van der Waals surface area contributed by atoms with Crippen LogP contribution in [-0.4, -0.2) is 15.0 Å². The molecule has 58 heavy (non-hydrogen) atoms. The second-order valence-electron chi connectivity index (χ2n) is 15.7. The highest BCUT2D eigenvalue weighted by Crippen LogP contribution is 2.49. The maximum atomic E-state index is 5.21. The second kappa shape index (κ2) is 13.6. The smallest absolute Gasteiger partial charge is 0.160 e. The van der Waals surface area contributed by atoms with Crippen LogP contribution in [0.25, 0.3) is 98.6 Å². The molecule has 0 unspecified atom stereocenters. The third kappa shape index (κ3) is 5.84. The molecule has 274 valence electrons. The first-order valence-electron chi connectivity index (χ1n) is 19.7. The Bertz CT molecular complexity index is 3180. The van der Waals surface area contributed by atoms with E-state index in [1.165, 1.54) is 64.7 Å². The van der Waals surface area contributed by atoms with Crippen molar-refractivity contribution in [2.45, 2.75) is 19.3 Å². The van der Waals surface area contributed by atoms with E-state index in [1.54, 1.807) is 6.20 Å². The van der Waals surface area contributed by atoms with E-state index < -0.39 is 0 Å². The van der Waals surface area contributed by atoms with Gasteiger partial charge in [0.15, 0.2) is 5.82 Å². The topological polar surface area (TPSA) is 38.7 Å². The molecule has 0 atom stereocenters. The molecule has 0 spiro atoms. The van der Waals surface area contributed by atoms with Crippen LogP contribution >= 0.6 is 11.3 Å². The fourth-order valence-corrected chi connectivity index (χ4v) is 9.79. The summed E-state index contributed by atoms with van der Waals surface area (Å²) in [6.45, 7) is 4.67. The Labute approximate surface area is 342 Å². The number of hydrogen-bond donors (Lipinski definition) is 0. The quantitative estimate of drug-likeness (QED) is 0.169. The Morgan fingerprint density at radius 2 is 0.983 bits per heavy atom. The summed E-state index contributed by atoms with van der Waals surface area (Å²) in [5.41, 5.74) is 17.1. The van der Waals surface area contributed by atoms with Gasteiger partial charge in [-0.25, -0.2) is 9.97 Å². The lowest BCUT2D eigenvalue weighted by molar-refractivity contribution is 0.660. The van der Waals surface area contributed by atoms with Crippen LogP contribution in [-0.2, 0) is 5.41 Å². The molecule has 0 saturated heterocycles. The molecule has 0 bridgehead atoms. The average Bonchev–Trinajstić information content (AvgIpc) is 3.77. The van der Waals surface area contributed by atoms with Crippen molar-refractivity contribution in [3.63, 3.8) is 0 Å². The van der Waals surface area contributed by atoms with E-state index in [9.17, 15) is 0 Å².